The minimum Gasteiger partial charge on any atom is -0.395 e. The molecule has 0 aromatic carbocycles. The van der Waals surface area contributed by atoms with Crippen LogP contribution in [0.4, 0.5) is 4.79 Å². The van der Waals surface area contributed by atoms with Crippen LogP contribution in [-0.4, -0.2) is 64.3 Å². The average Bonchev–Trinajstić information content (AvgIpc) is 2.36. The van der Waals surface area contributed by atoms with Gasteiger partial charge in [-0.2, -0.15) is 0 Å². The summed E-state index contributed by atoms with van der Waals surface area (Å²) >= 11 is 0. The van der Waals surface area contributed by atoms with Crippen molar-refractivity contribution in [3.05, 3.63) is 0 Å². The second-order valence-electron chi connectivity index (χ2n) is 3.09. The largest absolute Gasteiger partial charge is 0.395 e. The monoisotopic (exact) mass is 202 g/mol. The molecule has 0 bridgehead atoms. The molecule has 1 rings (SSSR count). The Kier molecular flexibility index (Phi) is 3.43. The van der Waals surface area contributed by atoms with Gasteiger partial charge in [0.25, 0.3) is 5.91 Å². The van der Waals surface area contributed by atoms with E-state index in [1.165, 1.54) is 4.90 Å². The molecule has 1 aliphatic heterocycles. The number of hydrogen-bond acceptors (Lipinski definition) is 4. The maximum atomic E-state index is 11.5. The van der Waals surface area contributed by atoms with E-state index in [0.29, 0.717) is 0 Å². The summed E-state index contributed by atoms with van der Waals surface area (Å²) in [5, 5.41) is 17.3. The van der Waals surface area contributed by atoms with Crippen LogP contribution in [0.1, 0.15) is 6.92 Å². The van der Waals surface area contributed by atoms with Crippen molar-refractivity contribution in [3.8, 4) is 0 Å². The first-order valence-electron chi connectivity index (χ1n) is 4.47. The molecule has 6 nitrogen and oxygen atoms in total. The topological polar surface area (TPSA) is 81.1 Å². The third kappa shape index (κ3) is 1.71. The van der Waals surface area contributed by atoms with E-state index in [1.807, 2.05) is 0 Å². The van der Waals surface area contributed by atoms with Crippen LogP contribution in [0.25, 0.3) is 0 Å². The first kappa shape index (κ1) is 10.9. The number of β-amino-alcohol motifs (C(OH)–C–C–N with tert-alkyl or cyclic N) is 2. The van der Waals surface area contributed by atoms with Gasteiger partial charge in [0.05, 0.1) is 19.8 Å². The highest BCUT2D eigenvalue weighted by Gasteiger charge is 2.41. The number of amides is 3. The van der Waals surface area contributed by atoms with Crippen molar-refractivity contribution >= 4 is 11.9 Å². The molecule has 14 heavy (non-hydrogen) atoms. The van der Waals surface area contributed by atoms with Crippen molar-refractivity contribution < 1.29 is 19.8 Å². The summed E-state index contributed by atoms with van der Waals surface area (Å²) in [7, 11) is 0. The van der Waals surface area contributed by atoms with E-state index in [9.17, 15) is 9.59 Å². The number of aliphatic hydroxyl groups is 2. The minimum atomic E-state index is -0.541. The molecule has 1 saturated heterocycles. The molecule has 0 aliphatic carbocycles. The summed E-state index contributed by atoms with van der Waals surface area (Å²) < 4.78 is 0. The predicted molar refractivity (Wildman–Crippen MR) is 47.4 cm³/mol. The van der Waals surface area contributed by atoms with Crippen LogP contribution in [-0.2, 0) is 4.79 Å². The first-order chi connectivity index (χ1) is 6.63. The summed E-state index contributed by atoms with van der Waals surface area (Å²) in [6, 6.07) is -0.980. The molecule has 3 amide bonds. The SMILES string of the molecule is CC1C(=O)N(CCO)C(=O)N1CCO. The Hall–Kier alpha value is -1.14. The molecule has 0 radical (unpaired) electrons. The lowest BCUT2D eigenvalue weighted by Crippen LogP contribution is -2.36. The van der Waals surface area contributed by atoms with E-state index in [4.69, 9.17) is 10.2 Å². The second kappa shape index (κ2) is 4.39. The highest BCUT2D eigenvalue weighted by atomic mass is 16.3. The zero-order valence-corrected chi connectivity index (χ0v) is 8.01. The van der Waals surface area contributed by atoms with Crippen LogP contribution in [0.3, 0.4) is 0 Å². The summed E-state index contributed by atoms with van der Waals surface area (Å²) in [4.78, 5) is 25.3. The molecule has 1 atom stereocenters. The fourth-order valence-corrected chi connectivity index (χ4v) is 1.48. The summed E-state index contributed by atoms with van der Waals surface area (Å²) in [6.07, 6.45) is 0. The van der Waals surface area contributed by atoms with Gasteiger partial charge in [0, 0.05) is 6.54 Å². The van der Waals surface area contributed by atoms with Gasteiger partial charge >= 0.3 is 6.03 Å². The molecule has 80 valence electrons. The average molecular weight is 202 g/mol. The number of urea groups is 1. The number of hydrogen-bond donors (Lipinski definition) is 2. The summed E-state index contributed by atoms with van der Waals surface area (Å²) in [5.74, 6) is -0.322. The molecule has 0 saturated carbocycles. The summed E-state index contributed by atoms with van der Waals surface area (Å²) in [6.45, 7) is 1.36. The fraction of sp³-hybridized carbons (Fsp3) is 0.750. The van der Waals surface area contributed by atoms with E-state index in [2.05, 4.69) is 0 Å². The zero-order chi connectivity index (χ0) is 10.7. The molecular formula is C8H14N2O4. The maximum absolute atomic E-state index is 11.5. The van der Waals surface area contributed by atoms with Crippen LogP contribution in [0.2, 0.25) is 0 Å². The standard InChI is InChI=1S/C8H14N2O4/c1-6-7(13)10(3-5-12)8(14)9(6)2-4-11/h6,11-12H,2-5H2,1H3. The maximum Gasteiger partial charge on any atom is 0.327 e. The highest BCUT2D eigenvalue weighted by molar-refractivity contribution is 6.03. The molecular weight excluding hydrogens is 188 g/mol. The van der Waals surface area contributed by atoms with E-state index in [1.54, 1.807) is 6.92 Å². The van der Waals surface area contributed by atoms with Gasteiger partial charge in [0.1, 0.15) is 6.04 Å². The van der Waals surface area contributed by atoms with Gasteiger partial charge < -0.3 is 15.1 Å². The number of nitrogens with zero attached hydrogens (tertiary/aromatic N) is 2. The van der Waals surface area contributed by atoms with Crippen molar-refractivity contribution in [3.63, 3.8) is 0 Å². The van der Waals surface area contributed by atoms with Crippen molar-refractivity contribution in [2.45, 2.75) is 13.0 Å². The van der Waals surface area contributed by atoms with E-state index < -0.39 is 12.1 Å². The molecule has 2 N–H and O–H groups in total. The fourth-order valence-electron chi connectivity index (χ4n) is 1.48. The Morgan fingerprint density at radius 3 is 2.29 bits per heavy atom. The van der Waals surface area contributed by atoms with Crippen LogP contribution < -0.4 is 0 Å². The minimum absolute atomic E-state index is 0.0178. The van der Waals surface area contributed by atoms with Gasteiger partial charge in [-0.25, -0.2) is 4.79 Å². The Labute approximate surface area is 81.7 Å². The van der Waals surface area contributed by atoms with Crippen molar-refractivity contribution in [1.29, 1.82) is 0 Å². The summed E-state index contributed by atoms with van der Waals surface area (Å²) in [5.41, 5.74) is 0. The first-order valence-corrected chi connectivity index (χ1v) is 4.47. The molecule has 6 heteroatoms. The Balaban J connectivity index is 2.74. The van der Waals surface area contributed by atoms with Crippen LogP contribution >= 0.6 is 0 Å². The molecule has 1 unspecified atom stereocenters. The Morgan fingerprint density at radius 2 is 1.79 bits per heavy atom. The van der Waals surface area contributed by atoms with E-state index in [-0.39, 0.29) is 32.2 Å². The smallest absolute Gasteiger partial charge is 0.327 e. The zero-order valence-electron chi connectivity index (χ0n) is 8.01. The predicted octanol–water partition coefficient (Wildman–Crippen LogP) is -1.38. The normalized spacial score (nSPS) is 22.4. The molecule has 1 fully saturated rings. The number of carbonyl (C=O) groups excluding carboxylic acids is 2. The second-order valence-corrected chi connectivity index (χ2v) is 3.09. The molecule has 1 aliphatic rings. The number of rotatable bonds is 4. The van der Waals surface area contributed by atoms with Gasteiger partial charge in [0.15, 0.2) is 0 Å². The van der Waals surface area contributed by atoms with E-state index in [0.717, 1.165) is 4.90 Å². The molecule has 0 aromatic rings. The molecule has 0 spiro atoms. The van der Waals surface area contributed by atoms with Gasteiger partial charge in [-0.3, -0.25) is 9.69 Å². The Morgan fingerprint density at radius 1 is 1.21 bits per heavy atom. The van der Waals surface area contributed by atoms with Crippen molar-refractivity contribution in [2.24, 2.45) is 0 Å². The van der Waals surface area contributed by atoms with Crippen molar-refractivity contribution in [2.75, 3.05) is 26.3 Å². The van der Waals surface area contributed by atoms with Gasteiger partial charge in [-0.05, 0) is 6.92 Å². The lowest BCUT2D eigenvalue weighted by Gasteiger charge is -2.17. The lowest BCUT2D eigenvalue weighted by molar-refractivity contribution is -0.128. The van der Waals surface area contributed by atoms with Gasteiger partial charge in [-0.1, -0.05) is 0 Å². The van der Waals surface area contributed by atoms with Crippen molar-refractivity contribution in [1.82, 2.24) is 9.80 Å². The number of imide groups is 1. The Bertz CT molecular complexity index is 243. The van der Waals surface area contributed by atoms with E-state index >= 15 is 0 Å². The van der Waals surface area contributed by atoms with Crippen LogP contribution in [0.5, 0.6) is 0 Å². The number of carbonyl (C=O) groups is 2. The molecule has 0 aromatic heterocycles. The highest BCUT2D eigenvalue weighted by Crippen LogP contribution is 2.16. The molecule has 1 heterocycles. The van der Waals surface area contributed by atoms with Gasteiger partial charge in [-0.15, -0.1) is 0 Å². The third-order valence-electron chi connectivity index (χ3n) is 2.23. The quantitative estimate of drug-likeness (QED) is 0.551. The lowest BCUT2D eigenvalue weighted by atomic mass is 10.3. The van der Waals surface area contributed by atoms with Crippen LogP contribution in [0, 0.1) is 0 Å². The number of aliphatic hydroxyl groups excluding tert-OH is 2. The van der Waals surface area contributed by atoms with Gasteiger partial charge in [0.2, 0.25) is 0 Å². The van der Waals surface area contributed by atoms with Crippen LogP contribution in [0.15, 0.2) is 0 Å². The third-order valence-corrected chi connectivity index (χ3v) is 2.23.